The first kappa shape index (κ1) is 27.2. The molecule has 188 valence electrons. The number of amidine groups is 1. The van der Waals surface area contributed by atoms with E-state index < -0.39 is 23.0 Å². The summed E-state index contributed by atoms with van der Waals surface area (Å²) in [7, 11) is 0. The Bertz CT molecular complexity index is 1330. The Labute approximate surface area is 218 Å². The van der Waals surface area contributed by atoms with Gasteiger partial charge in [0.1, 0.15) is 11.6 Å². The van der Waals surface area contributed by atoms with Gasteiger partial charge in [-0.3, -0.25) is 20.3 Å². The van der Waals surface area contributed by atoms with Gasteiger partial charge in [-0.15, -0.1) is 11.3 Å². The van der Waals surface area contributed by atoms with Crippen LogP contribution in [0.15, 0.2) is 58.4 Å². The van der Waals surface area contributed by atoms with Crippen LogP contribution in [0.1, 0.15) is 20.8 Å². The minimum absolute atomic E-state index is 0.0595. The SMILES string of the molecule is N=C(NSCc1cc(C(=O)Nc2cccc(Br)c2)cc([N+](=O)[O-])c1)c1cc(OC(=O)C(F)(F)F)cs1. The number of amides is 1. The molecule has 0 bridgehead atoms. The number of halogens is 4. The fraction of sp³-hybridized carbons (Fsp3) is 0.0952. The fourth-order valence-corrected chi connectivity index (χ4v) is 4.51. The van der Waals surface area contributed by atoms with E-state index in [9.17, 15) is 32.9 Å². The molecule has 1 heterocycles. The van der Waals surface area contributed by atoms with E-state index in [4.69, 9.17) is 5.41 Å². The van der Waals surface area contributed by atoms with E-state index in [2.05, 4.69) is 30.7 Å². The van der Waals surface area contributed by atoms with Crippen molar-refractivity contribution in [1.29, 1.82) is 5.41 Å². The summed E-state index contributed by atoms with van der Waals surface area (Å²) >= 11 is 5.14. The van der Waals surface area contributed by atoms with Gasteiger partial charge in [0.2, 0.25) is 0 Å². The summed E-state index contributed by atoms with van der Waals surface area (Å²) in [5.41, 5.74) is 0.671. The number of anilines is 1. The number of non-ortho nitro benzene ring substituents is 1. The summed E-state index contributed by atoms with van der Waals surface area (Å²) in [5, 5.41) is 23.2. The zero-order valence-corrected chi connectivity index (χ0v) is 20.9. The lowest BCUT2D eigenvalue weighted by atomic mass is 10.1. The van der Waals surface area contributed by atoms with Crippen molar-refractivity contribution in [3.63, 3.8) is 0 Å². The number of esters is 1. The maximum atomic E-state index is 12.6. The molecule has 0 spiro atoms. The summed E-state index contributed by atoms with van der Waals surface area (Å²) in [6.07, 6.45) is -5.14. The van der Waals surface area contributed by atoms with Crippen LogP contribution in [0, 0.1) is 15.5 Å². The zero-order valence-electron chi connectivity index (χ0n) is 17.7. The predicted molar refractivity (Wildman–Crippen MR) is 132 cm³/mol. The number of nitrogens with one attached hydrogen (secondary N) is 3. The van der Waals surface area contributed by atoms with Gasteiger partial charge in [-0.25, -0.2) is 4.79 Å². The van der Waals surface area contributed by atoms with Crippen molar-refractivity contribution < 1.29 is 32.4 Å². The van der Waals surface area contributed by atoms with Crippen molar-refractivity contribution in [2.24, 2.45) is 0 Å². The Morgan fingerprint density at radius 3 is 2.61 bits per heavy atom. The monoisotopic (exact) mass is 602 g/mol. The molecule has 3 N–H and O–H groups in total. The van der Waals surface area contributed by atoms with Gasteiger partial charge in [0.25, 0.3) is 11.6 Å². The van der Waals surface area contributed by atoms with Gasteiger partial charge in [-0.05, 0) is 41.8 Å². The van der Waals surface area contributed by atoms with Crippen LogP contribution < -0.4 is 14.8 Å². The first-order chi connectivity index (χ1) is 16.9. The summed E-state index contributed by atoms with van der Waals surface area (Å²) in [6, 6.07) is 11.8. The number of hydrogen-bond acceptors (Lipinski definition) is 8. The van der Waals surface area contributed by atoms with E-state index in [1.54, 1.807) is 24.3 Å². The second-order valence-electron chi connectivity index (χ2n) is 6.91. The van der Waals surface area contributed by atoms with Crippen LogP contribution in [0.4, 0.5) is 24.5 Å². The Morgan fingerprint density at radius 1 is 1.19 bits per heavy atom. The van der Waals surface area contributed by atoms with Crippen molar-refractivity contribution in [3.05, 3.63) is 84.5 Å². The number of thiophene rings is 1. The Balaban J connectivity index is 1.64. The molecule has 0 fully saturated rings. The van der Waals surface area contributed by atoms with E-state index in [1.807, 2.05) is 0 Å². The minimum Gasteiger partial charge on any atom is -0.419 e. The van der Waals surface area contributed by atoms with Gasteiger partial charge in [-0.1, -0.05) is 22.0 Å². The van der Waals surface area contributed by atoms with Crippen molar-refractivity contribution in [2.75, 3.05) is 5.32 Å². The van der Waals surface area contributed by atoms with Gasteiger partial charge >= 0.3 is 12.1 Å². The molecule has 36 heavy (non-hydrogen) atoms. The third-order valence-corrected chi connectivity index (χ3v) is 6.46. The van der Waals surface area contributed by atoms with Crippen molar-refractivity contribution in [3.8, 4) is 5.75 Å². The van der Waals surface area contributed by atoms with Crippen molar-refractivity contribution in [1.82, 2.24) is 4.72 Å². The molecule has 0 unspecified atom stereocenters. The molecule has 1 amide bonds. The summed E-state index contributed by atoms with van der Waals surface area (Å²) in [6.45, 7) is 0. The molecule has 3 aromatic rings. The maximum Gasteiger partial charge on any atom is 0.491 e. The molecular weight excluding hydrogens is 589 g/mol. The maximum absolute atomic E-state index is 12.6. The molecule has 0 aliphatic rings. The van der Waals surface area contributed by atoms with Crippen LogP contribution in [0.25, 0.3) is 0 Å². The van der Waals surface area contributed by atoms with Crippen LogP contribution in [0.3, 0.4) is 0 Å². The highest BCUT2D eigenvalue weighted by Crippen LogP contribution is 2.26. The third-order valence-electron chi connectivity index (χ3n) is 4.21. The van der Waals surface area contributed by atoms with E-state index in [-0.39, 0.29) is 33.5 Å². The number of nitrogens with zero attached hydrogens (tertiary/aromatic N) is 1. The predicted octanol–water partition coefficient (Wildman–Crippen LogP) is 5.90. The molecule has 0 radical (unpaired) electrons. The molecule has 0 saturated heterocycles. The first-order valence-corrected chi connectivity index (χ1v) is 12.3. The molecule has 3 rings (SSSR count). The first-order valence-electron chi connectivity index (χ1n) is 9.62. The molecule has 0 aliphatic heterocycles. The van der Waals surface area contributed by atoms with Gasteiger partial charge in [0, 0.05) is 45.1 Å². The summed E-state index contributed by atoms with van der Waals surface area (Å²) in [4.78, 5) is 34.5. The number of hydrogen-bond donors (Lipinski definition) is 3. The average molecular weight is 603 g/mol. The highest BCUT2D eigenvalue weighted by molar-refractivity contribution is 9.10. The van der Waals surface area contributed by atoms with Crippen LogP contribution in [0.5, 0.6) is 5.75 Å². The molecule has 0 atom stereocenters. The van der Waals surface area contributed by atoms with E-state index >= 15 is 0 Å². The molecule has 9 nitrogen and oxygen atoms in total. The second-order valence-corrected chi connectivity index (χ2v) is 9.52. The summed E-state index contributed by atoms with van der Waals surface area (Å²) in [5.74, 6) is -3.34. The van der Waals surface area contributed by atoms with Crippen molar-refractivity contribution in [2.45, 2.75) is 11.9 Å². The highest BCUT2D eigenvalue weighted by Gasteiger charge is 2.41. The highest BCUT2D eigenvalue weighted by atomic mass is 79.9. The van der Waals surface area contributed by atoms with Crippen LogP contribution >= 0.6 is 39.2 Å². The topological polar surface area (TPSA) is 134 Å². The smallest absolute Gasteiger partial charge is 0.419 e. The van der Waals surface area contributed by atoms with Crippen molar-refractivity contribution >= 4 is 68.3 Å². The number of nitro groups is 1. The quantitative estimate of drug-likeness (QED) is 0.0729. The van der Waals surface area contributed by atoms with Crippen LogP contribution in [0.2, 0.25) is 0 Å². The lowest BCUT2D eigenvalue weighted by Gasteiger charge is -2.09. The number of rotatable bonds is 8. The van der Waals surface area contributed by atoms with Gasteiger partial charge in [0.05, 0.1) is 9.80 Å². The minimum atomic E-state index is -5.14. The number of carbonyl (C=O) groups is 2. The second kappa shape index (κ2) is 11.5. The zero-order chi connectivity index (χ0) is 26.5. The van der Waals surface area contributed by atoms with Crippen LogP contribution in [-0.2, 0) is 10.5 Å². The number of ether oxygens (including phenoxy) is 1. The fourth-order valence-electron chi connectivity index (χ4n) is 2.67. The normalized spacial score (nSPS) is 11.0. The Hall–Kier alpha value is -3.43. The number of nitro benzene ring substituents is 1. The lowest BCUT2D eigenvalue weighted by Crippen LogP contribution is -2.27. The Kier molecular flexibility index (Phi) is 8.70. The summed E-state index contributed by atoms with van der Waals surface area (Å²) < 4.78 is 44.5. The molecule has 0 aliphatic carbocycles. The van der Waals surface area contributed by atoms with Gasteiger partial charge in [-0.2, -0.15) is 13.2 Å². The van der Waals surface area contributed by atoms with Crippen LogP contribution in [-0.4, -0.2) is 28.8 Å². The van der Waals surface area contributed by atoms with Gasteiger partial charge < -0.3 is 14.8 Å². The molecule has 1 aromatic heterocycles. The number of carbonyl (C=O) groups excluding carboxylic acids is 2. The molecule has 2 aromatic carbocycles. The van der Waals surface area contributed by atoms with E-state index in [0.29, 0.717) is 11.3 Å². The molecular formula is C21H14BrF3N4O5S2. The third kappa shape index (κ3) is 7.53. The molecule has 15 heteroatoms. The Morgan fingerprint density at radius 2 is 1.94 bits per heavy atom. The van der Waals surface area contributed by atoms with E-state index in [0.717, 1.165) is 45.3 Å². The lowest BCUT2D eigenvalue weighted by molar-refractivity contribution is -0.384. The number of benzene rings is 2. The average Bonchev–Trinajstić information content (AvgIpc) is 3.27. The van der Waals surface area contributed by atoms with E-state index in [1.165, 1.54) is 12.1 Å². The standard InChI is InChI=1S/C21H14BrF3N4O5S2/c22-13-2-1-3-14(7-13)27-19(30)12-4-11(5-15(6-12)29(32)33)9-36-28-18(26)17-8-16(10-35-17)34-20(31)21(23,24)25/h1-8,10H,9H2,(H2,26,28)(H,27,30). The molecule has 0 saturated carbocycles. The van der Waals surface area contributed by atoms with Gasteiger partial charge in [0.15, 0.2) is 0 Å². The number of alkyl halides is 3. The largest absolute Gasteiger partial charge is 0.491 e.